The van der Waals surface area contributed by atoms with Crippen molar-refractivity contribution >= 4 is 23.5 Å². The van der Waals surface area contributed by atoms with E-state index < -0.39 is 53.7 Å². The molecule has 0 fully saturated rings. The molecule has 0 bridgehead atoms. The minimum Gasteiger partial charge on any atom is -0.497 e. The number of nitrogens with one attached hydrogen (secondary N) is 3. The number of ketones is 1. The van der Waals surface area contributed by atoms with E-state index in [2.05, 4.69) is 20.9 Å². The van der Waals surface area contributed by atoms with Gasteiger partial charge in [0.25, 0.3) is 11.7 Å². The largest absolute Gasteiger partial charge is 0.497 e. The standard InChI is InChI=1S/C31H30F3N5O5/c1-18(2)25(27(40)31(32,33)34)38-30(43)26(21-10-12-22(44-3)13-11-21)39-29(42)24(16-19-7-6-8-20(15-19)17-35)37-28(41)23-9-4-5-14-36-23/h4-15,18,24-26H,16H2,1-3H3,(H,37,41)(H,38,43)(H,39,42)/t24?,25-,26?/m0/s1. The summed E-state index contributed by atoms with van der Waals surface area (Å²) in [5.74, 6) is -5.32. The van der Waals surface area contributed by atoms with Crippen LogP contribution in [0, 0.1) is 17.2 Å². The van der Waals surface area contributed by atoms with E-state index in [1.807, 2.05) is 6.07 Å². The van der Waals surface area contributed by atoms with E-state index >= 15 is 0 Å². The number of nitrogens with zero attached hydrogens (tertiary/aromatic N) is 2. The smallest absolute Gasteiger partial charge is 0.452 e. The average molecular weight is 610 g/mol. The second-order valence-corrected chi connectivity index (χ2v) is 10.1. The van der Waals surface area contributed by atoms with E-state index in [4.69, 9.17) is 4.74 Å². The fourth-order valence-corrected chi connectivity index (χ4v) is 4.23. The van der Waals surface area contributed by atoms with Gasteiger partial charge < -0.3 is 20.7 Å². The van der Waals surface area contributed by atoms with Crippen molar-refractivity contribution in [3.63, 3.8) is 0 Å². The van der Waals surface area contributed by atoms with E-state index in [9.17, 15) is 37.6 Å². The molecule has 2 aromatic carbocycles. The number of halogens is 3. The Bertz CT molecular complexity index is 1520. The van der Waals surface area contributed by atoms with Crippen LogP contribution >= 0.6 is 0 Å². The van der Waals surface area contributed by atoms with Crippen LogP contribution in [0.25, 0.3) is 0 Å². The van der Waals surface area contributed by atoms with Crippen LogP contribution in [-0.2, 0) is 20.8 Å². The molecule has 13 heteroatoms. The first-order chi connectivity index (χ1) is 20.8. The van der Waals surface area contributed by atoms with Gasteiger partial charge in [-0.25, -0.2) is 0 Å². The summed E-state index contributed by atoms with van der Waals surface area (Å²) in [6.45, 7) is 2.68. The number of aromatic nitrogens is 1. The molecule has 10 nitrogen and oxygen atoms in total. The van der Waals surface area contributed by atoms with Crippen molar-refractivity contribution in [2.75, 3.05) is 7.11 Å². The van der Waals surface area contributed by atoms with Gasteiger partial charge >= 0.3 is 6.18 Å². The Morgan fingerprint density at radius 1 is 0.932 bits per heavy atom. The van der Waals surface area contributed by atoms with Crippen LogP contribution in [0.2, 0.25) is 0 Å². The minimum absolute atomic E-state index is 0.00552. The molecule has 0 aliphatic carbocycles. The summed E-state index contributed by atoms with van der Waals surface area (Å²) in [7, 11) is 1.41. The summed E-state index contributed by atoms with van der Waals surface area (Å²) >= 11 is 0. The monoisotopic (exact) mass is 609 g/mol. The molecule has 230 valence electrons. The van der Waals surface area contributed by atoms with Gasteiger partial charge in [-0.2, -0.15) is 18.4 Å². The number of hydrogen-bond acceptors (Lipinski definition) is 7. The normalized spacial score (nSPS) is 13.1. The Hall–Kier alpha value is -5.25. The van der Waals surface area contributed by atoms with Crippen molar-refractivity contribution in [3.05, 3.63) is 95.3 Å². The van der Waals surface area contributed by atoms with Gasteiger partial charge in [-0.05, 0) is 53.4 Å². The van der Waals surface area contributed by atoms with E-state index in [1.54, 1.807) is 30.3 Å². The molecule has 3 N–H and O–H groups in total. The molecule has 0 saturated heterocycles. The van der Waals surface area contributed by atoms with Crippen molar-refractivity contribution in [1.82, 2.24) is 20.9 Å². The van der Waals surface area contributed by atoms with Crippen molar-refractivity contribution in [2.24, 2.45) is 5.92 Å². The molecular formula is C31H30F3N5O5. The van der Waals surface area contributed by atoms with Gasteiger partial charge in [0.05, 0.1) is 24.8 Å². The summed E-state index contributed by atoms with van der Waals surface area (Å²) in [6.07, 6.45) is -3.93. The van der Waals surface area contributed by atoms with Crippen molar-refractivity contribution in [1.29, 1.82) is 5.26 Å². The molecule has 0 spiro atoms. The lowest BCUT2D eigenvalue weighted by Gasteiger charge is -2.27. The predicted molar refractivity (Wildman–Crippen MR) is 152 cm³/mol. The number of alkyl halides is 3. The summed E-state index contributed by atoms with van der Waals surface area (Å²) in [5.41, 5.74) is 0.986. The lowest BCUT2D eigenvalue weighted by molar-refractivity contribution is -0.175. The van der Waals surface area contributed by atoms with Gasteiger partial charge in [0.15, 0.2) is 0 Å². The third kappa shape index (κ3) is 8.87. The molecule has 0 radical (unpaired) electrons. The summed E-state index contributed by atoms with van der Waals surface area (Å²) in [5, 5.41) is 16.5. The summed E-state index contributed by atoms with van der Waals surface area (Å²) in [6, 6.07) is 13.9. The molecule has 1 aromatic heterocycles. The van der Waals surface area contributed by atoms with Crippen molar-refractivity contribution in [3.8, 4) is 11.8 Å². The molecule has 0 aliphatic heterocycles. The van der Waals surface area contributed by atoms with Gasteiger partial charge in [-0.15, -0.1) is 0 Å². The summed E-state index contributed by atoms with van der Waals surface area (Å²) in [4.78, 5) is 56.3. The van der Waals surface area contributed by atoms with Gasteiger partial charge in [0, 0.05) is 12.6 Å². The van der Waals surface area contributed by atoms with Gasteiger partial charge in [-0.1, -0.05) is 44.2 Å². The highest BCUT2D eigenvalue weighted by atomic mass is 19.4. The Kier molecular flexibility index (Phi) is 11.2. The zero-order chi connectivity index (χ0) is 32.4. The van der Waals surface area contributed by atoms with E-state index in [0.29, 0.717) is 16.9 Å². The third-order valence-corrected chi connectivity index (χ3v) is 6.54. The quantitative estimate of drug-likeness (QED) is 0.285. The zero-order valence-corrected chi connectivity index (χ0v) is 24.0. The first-order valence-corrected chi connectivity index (χ1v) is 13.4. The maximum Gasteiger partial charge on any atom is 0.452 e. The molecule has 2 unspecified atom stereocenters. The fourth-order valence-electron chi connectivity index (χ4n) is 4.23. The molecule has 3 atom stereocenters. The Balaban J connectivity index is 1.97. The molecule has 3 rings (SSSR count). The maximum atomic E-state index is 13.7. The van der Waals surface area contributed by atoms with E-state index in [-0.39, 0.29) is 17.7 Å². The molecule has 1 heterocycles. The molecular weight excluding hydrogens is 579 g/mol. The summed E-state index contributed by atoms with van der Waals surface area (Å²) < 4.78 is 45.0. The van der Waals surface area contributed by atoms with Crippen LogP contribution in [0.4, 0.5) is 13.2 Å². The Labute approximate surface area is 251 Å². The zero-order valence-electron chi connectivity index (χ0n) is 24.0. The first-order valence-electron chi connectivity index (χ1n) is 13.4. The van der Waals surface area contributed by atoms with Crippen LogP contribution in [0.15, 0.2) is 72.9 Å². The van der Waals surface area contributed by atoms with Crippen molar-refractivity contribution in [2.45, 2.75) is 44.6 Å². The average Bonchev–Trinajstić information content (AvgIpc) is 3.01. The second kappa shape index (κ2) is 14.8. The van der Waals surface area contributed by atoms with Crippen LogP contribution in [0.3, 0.4) is 0 Å². The van der Waals surface area contributed by atoms with Gasteiger partial charge in [-0.3, -0.25) is 24.2 Å². The Morgan fingerprint density at radius 3 is 2.20 bits per heavy atom. The lowest BCUT2D eigenvalue weighted by Crippen LogP contribution is -2.55. The van der Waals surface area contributed by atoms with Gasteiger partial charge in [0.2, 0.25) is 11.8 Å². The van der Waals surface area contributed by atoms with E-state index in [1.165, 1.54) is 63.6 Å². The number of pyridine rings is 1. The number of hydrogen-bond donors (Lipinski definition) is 3. The highest BCUT2D eigenvalue weighted by Crippen LogP contribution is 2.23. The SMILES string of the molecule is COc1ccc(C(NC(=O)C(Cc2cccc(C#N)c2)NC(=O)c2ccccn2)C(=O)N[C@H](C(=O)C(F)(F)F)C(C)C)cc1. The number of carbonyl (C=O) groups is 4. The van der Waals surface area contributed by atoms with Crippen molar-refractivity contribution < 1.29 is 37.1 Å². The second-order valence-electron chi connectivity index (χ2n) is 10.1. The number of ether oxygens (including phenoxy) is 1. The number of Topliss-reactive ketones (excluding diaryl/α,β-unsaturated/α-hetero) is 1. The number of carbonyl (C=O) groups excluding carboxylic acids is 4. The highest BCUT2D eigenvalue weighted by molar-refractivity contribution is 5.98. The van der Waals surface area contributed by atoms with Crippen LogP contribution in [-0.4, -0.2) is 53.9 Å². The number of amides is 3. The first kappa shape index (κ1) is 33.3. The minimum atomic E-state index is -5.21. The number of rotatable bonds is 12. The van der Waals surface area contributed by atoms with E-state index in [0.717, 1.165) is 0 Å². The lowest BCUT2D eigenvalue weighted by atomic mass is 9.97. The topological polar surface area (TPSA) is 150 Å². The Morgan fingerprint density at radius 2 is 1.64 bits per heavy atom. The highest BCUT2D eigenvalue weighted by Gasteiger charge is 2.45. The predicted octanol–water partition coefficient (Wildman–Crippen LogP) is 3.43. The molecule has 3 amide bonds. The number of benzene rings is 2. The van der Waals surface area contributed by atoms with Gasteiger partial charge in [0.1, 0.15) is 23.5 Å². The molecule has 0 aliphatic rings. The van der Waals surface area contributed by atoms with Crippen LogP contribution in [0.1, 0.15) is 47.1 Å². The third-order valence-electron chi connectivity index (χ3n) is 6.54. The maximum absolute atomic E-state index is 13.7. The van der Waals surface area contributed by atoms with Crippen LogP contribution < -0.4 is 20.7 Å². The number of methoxy groups -OCH3 is 1. The molecule has 0 saturated carbocycles. The molecule has 3 aromatic rings. The van der Waals surface area contributed by atoms with Crippen LogP contribution in [0.5, 0.6) is 5.75 Å². The molecule has 44 heavy (non-hydrogen) atoms. The number of nitriles is 1. The fraction of sp³-hybridized carbons (Fsp3) is 0.290.